The Morgan fingerprint density at radius 1 is 1.25 bits per heavy atom. The molecule has 1 N–H and O–H groups in total. The Labute approximate surface area is 101 Å². The van der Waals surface area contributed by atoms with E-state index in [1.807, 2.05) is 0 Å². The molecule has 0 aromatic rings. The predicted molar refractivity (Wildman–Crippen MR) is 71.8 cm³/mol. The van der Waals surface area contributed by atoms with Gasteiger partial charge in [0.1, 0.15) is 0 Å². The van der Waals surface area contributed by atoms with Crippen molar-refractivity contribution in [2.75, 3.05) is 13.7 Å². The normalized spacial score (nSPS) is 14.9. The Morgan fingerprint density at radius 3 is 2.31 bits per heavy atom. The van der Waals surface area contributed by atoms with Crippen molar-refractivity contribution in [3.05, 3.63) is 11.6 Å². The van der Waals surface area contributed by atoms with Gasteiger partial charge >= 0.3 is 0 Å². The molecule has 0 fully saturated rings. The third kappa shape index (κ3) is 7.89. The maximum absolute atomic E-state index is 5.23. The number of ether oxygens (including phenoxy) is 1. The van der Waals surface area contributed by atoms with Gasteiger partial charge in [0.25, 0.3) is 0 Å². The van der Waals surface area contributed by atoms with Gasteiger partial charge in [-0.15, -0.1) is 0 Å². The van der Waals surface area contributed by atoms with Gasteiger partial charge in [-0.1, -0.05) is 25.5 Å². The quantitative estimate of drug-likeness (QED) is 0.642. The lowest BCUT2D eigenvalue weighted by atomic mass is 10.0. The number of allylic oxidation sites excluding steroid dienone is 2. The van der Waals surface area contributed by atoms with Gasteiger partial charge in [0.05, 0.1) is 6.61 Å². The summed E-state index contributed by atoms with van der Waals surface area (Å²) in [7, 11) is 1.77. The van der Waals surface area contributed by atoms with E-state index in [1.54, 1.807) is 7.11 Å². The van der Waals surface area contributed by atoms with Crippen molar-refractivity contribution in [2.24, 2.45) is 5.92 Å². The van der Waals surface area contributed by atoms with Crippen LogP contribution in [0.3, 0.4) is 0 Å². The first-order valence-electron chi connectivity index (χ1n) is 6.35. The minimum atomic E-state index is 0.465. The summed E-state index contributed by atoms with van der Waals surface area (Å²) in [5, 5.41) is 3.64. The van der Waals surface area contributed by atoms with E-state index in [-0.39, 0.29) is 0 Å². The molecule has 0 amide bonds. The summed E-state index contributed by atoms with van der Waals surface area (Å²) in [6.45, 7) is 11.8. The zero-order valence-electron chi connectivity index (χ0n) is 11.8. The van der Waals surface area contributed by atoms with Gasteiger partial charge in [-0.2, -0.15) is 0 Å². The molecule has 0 aliphatic rings. The fraction of sp³-hybridized carbons (Fsp3) is 0.857. The zero-order valence-corrected chi connectivity index (χ0v) is 11.8. The summed E-state index contributed by atoms with van der Waals surface area (Å²) in [4.78, 5) is 0. The number of hydrogen-bond donors (Lipinski definition) is 1. The summed E-state index contributed by atoms with van der Waals surface area (Å²) in [5.41, 5.74) is 1.41. The average molecular weight is 227 g/mol. The summed E-state index contributed by atoms with van der Waals surface area (Å²) >= 11 is 0. The Bertz CT molecular complexity index is 195. The summed E-state index contributed by atoms with van der Waals surface area (Å²) in [6.07, 6.45) is 4.66. The van der Waals surface area contributed by atoms with Crippen LogP contribution in [-0.2, 0) is 4.74 Å². The van der Waals surface area contributed by atoms with E-state index in [4.69, 9.17) is 4.74 Å². The van der Waals surface area contributed by atoms with Crippen LogP contribution in [0.2, 0.25) is 0 Å². The minimum absolute atomic E-state index is 0.465. The first-order chi connectivity index (χ1) is 7.47. The highest BCUT2D eigenvalue weighted by atomic mass is 16.5. The Kier molecular flexibility index (Phi) is 8.58. The van der Waals surface area contributed by atoms with Crippen molar-refractivity contribution < 1.29 is 4.74 Å². The number of rotatable bonds is 8. The maximum atomic E-state index is 5.23. The van der Waals surface area contributed by atoms with Gasteiger partial charge in [-0.25, -0.2) is 0 Å². The van der Waals surface area contributed by atoms with Gasteiger partial charge < -0.3 is 10.1 Å². The maximum Gasteiger partial charge on any atom is 0.0618 e. The van der Waals surface area contributed by atoms with Crippen LogP contribution < -0.4 is 5.32 Å². The molecule has 2 heteroatoms. The molecule has 0 aromatic heterocycles. The van der Waals surface area contributed by atoms with Gasteiger partial charge in [-0.05, 0) is 39.5 Å². The topological polar surface area (TPSA) is 21.3 Å². The third-order valence-corrected chi connectivity index (χ3v) is 2.80. The first kappa shape index (κ1) is 15.7. The molecule has 0 aliphatic heterocycles. The first-order valence-corrected chi connectivity index (χ1v) is 6.35. The molecule has 0 rings (SSSR count). The summed E-state index contributed by atoms with van der Waals surface area (Å²) < 4.78 is 5.23. The molecule has 0 spiro atoms. The van der Waals surface area contributed by atoms with Crippen LogP contribution in [0.4, 0.5) is 0 Å². The molecular weight excluding hydrogens is 198 g/mol. The number of hydrogen-bond acceptors (Lipinski definition) is 2. The number of nitrogens with one attached hydrogen (secondary N) is 1. The molecule has 0 heterocycles. The van der Waals surface area contributed by atoms with E-state index in [0.29, 0.717) is 18.0 Å². The van der Waals surface area contributed by atoms with Gasteiger partial charge in [0.15, 0.2) is 0 Å². The Hall–Kier alpha value is -0.340. The van der Waals surface area contributed by atoms with E-state index >= 15 is 0 Å². The second-order valence-electron chi connectivity index (χ2n) is 5.23. The lowest BCUT2D eigenvalue weighted by Crippen LogP contribution is -2.42. The van der Waals surface area contributed by atoms with E-state index in [9.17, 15) is 0 Å². The van der Waals surface area contributed by atoms with E-state index in [0.717, 1.165) is 13.0 Å². The largest absolute Gasteiger partial charge is 0.383 e. The van der Waals surface area contributed by atoms with Crippen LogP contribution in [-0.4, -0.2) is 25.8 Å². The van der Waals surface area contributed by atoms with E-state index in [2.05, 4.69) is 46.0 Å². The molecule has 2 atom stereocenters. The SMILES string of the molecule is COCC(NC(C)CCC=C(C)C)C(C)C. The van der Waals surface area contributed by atoms with Crippen LogP contribution >= 0.6 is 0 Å². The van der Waals surface area contributed by atoms with Gasteiger partial charge in [-0.3, -0.25) is 0 Å². The molecule has 96 valence electrons. The van der Waals surface area contributed by atoms with Crippen molar-refractivity contribution in [1.82, 2.24) is 5.32 Å². The molecule has 2 unspecified atom stereocenters. The molecule has 0 radical (unpaired) electrons. The second kappa shape index (κ2) is 8.77. The van der Waals surface area contributed by atoms with Crippen LogP contribution in [0.1, 0.15) is 47.5 Å². The summed E-state index contributed by atoms with van der Waals surface area (Å²) in [5.74, 6) is 0.617. The molecule has 0 bridgehead atoms. The third-order valence-electron chi connectivity index (χ3n) is 2.80. The standard InChI is InChI=1S/C14H29NO/c1-11(2)8-7-9-13(5)15-14(10-16-6)12(3)4/h8,12-15H,7,9-10H2,1-6H3. The van der Waals surface area contributed by atoms with Gasteiger partial charge in [0, 0.05) is 19.2 Å². The van der Waals surface area contributed by atoms with Crippen molar-refractivity contribution in [2.45, 2.75) is 59.5 Å². The highest BCUT2D eigenvalue weighted by Crippen LogP contribution is 2.07. The van der Waals surface area contributed by atoms with Crippen LogP contribution in [0, 0.1) is 5.92 Å². The average Bonchev–Trinajstić information content (AvgIpc) is 2.16. The van der Waals surface area contributed by atoms with Gasteiger partial charge in [0.2, 0.25) is 0 Å². The lowest BCUT2D eigenvalue weighted by molar-refractivity contribution is 0.141. The molecular formula is C14H29NO. The van der Waals surface area contributed by atoms with Crippen molar-refractivity contribution in [3.8, 4) is 0 Å². The van der Waals surface area contributed by atoms with E-state index in [1.165, 1.54) is 12.0 Å². The molecule has 0 saturated heterocycles. The Balaban J connectivity index is 3.90. The smallest absolute Gasteiger partial charge is 0.0618 e. The van der Waals surface area contributed by atoms with Crippen molar-refractivity contribution in [1.29, 1.82) is 0 Å². The molecule has 2 nitrogen and oxygen atoms in total. The second-order valence-corrected chi connectivity index (χ2v) is 5.23. The monoisotopic (exact) mass is 227 g/mol. The van der Waals surface area contributed by atoms with Crippen LogP contribution in [0.25, 0.3) is 0 Å². The molecule has 0 aromatic carbocycles. The fourth-order valence-electron chi connectivity index (χ4n) is 1.68. The van der Waals surface area contributed by atoms with Crippen LogP contribution in [0.5, 0.6) is 0 Å². The zero-order chi connectivity index (χ0) is 12.6. The minimum Gasteiger partial charge on any atom is -0.383 e. The lowest BCUT2D eigenvalue weighted by Gasteiger charge is -2.25. The number of methoxy groups -OCH3 is 1. The summed E-state index contributed by atoms with van der Waals surface area (Å²) in [6, 6.07) is 1.02. The fourth-order valence-corrected chi connectivity index (χ4v) is 1.68. The Morgan fingerprint density at radius 2 is 1.88 bits per heavy atom. The predicted octanol–water partition coefficient (Wildman–Crippen LogP) is 3.38. The highest BCUT2D eigenvalue weighted by Gasteiger charge is 2.14. The molecule has 16 heavy (non-hydrogen) atoms. The molecule has 0 saturated carbocycles. The molecule has 0 aliphatic carbocycles. The van der Waals surface area contributed by atoms with Crippen LogP contribution in [0.15, 0.2) is 11.6 Å². The van der Waals surface area contributed by atoms with Crippen molar-refractivity contribution >= 4 is 0 Å². The highest BCUT2D eigenvalue weighted by molar-refractivity contribution is 4.93. The van der Waals surface area contributed by atoms with E-state index < -0.39 is 0 Å². The van der Waals surface area contributed by atoms with Crippen molar-refractivity contribution in [3.63, 3.8) is 0 Å².